The van der Waals surface area contributed by atoms with Crippen molar-refractivity contribution in [1.29, 1.82) is 5.26 Å². The van der Waals surface area contributed by atoms with Crippen LogP contribution in [0.15, 0.2) is 33.2 Å². The molecule has 142 valence electrons. The lowest BCUT2D eigenvalue weighted by Gasteiger charge is -2.08. The number of carbonyl (C=O) groups is 1. The normalized spacial score (nSPS) is 10.6. The molecule has 1 aromatic heterocycles. The van der Waals surface area contributed by atoms with Crippen LogP contribution in [0.2, 0.25) is 0 Å². The molecule has 27 heavy (non-hydrogen) atoms. The number of thiazole rings is 1. The van der Waals surface area contributed by atoms with E-state index in [-0.39, 0.29) is 12.4 Å². The average Bonchev–Trinajstić information content (AvgIpc) is 3.07. The summed E-state index contributed by atoms with van der Waals surface area (Å²) in [6.07, 6.45) is 2.91. The molecule has 0 saturated heterocycles. The number of nitrogens with zero attached hydrogens (tertiary/aromatic N) is 3. The molecule has 0 fully saturated rings. The molecular weight excluding hydrogens is 432 g/mol. The molecular formula is C18H19BrN4O3S. The van der Waals surface area contributed by atoms with Crippen LogP contribution in [0.3, 0.4) is 0 Å². The molecule has 9 heteroatoms. The van der Waals surface area contributed by atoms with E-state index in [4.69, 9.17) is 14.7 Å². The highest BCUT2D eigenvalue weighted by molar-refractivity contribution is 9.10. The summed E-state index contributed by atoms with van der Waals surface area (Å²) in [4.78, 5) is 15.8. The Balaban J connectivity index is 1.95. The van der Waals surface area contributed by atoms with Crippen molar-refractivity contribution in [1.82, 2.24) is 4.98 Å². The number of hydrogen-bond acceptors (Lipinski definition) is 8. The van der Waals surface area contributed by atoms with Crippen LogP contribution in [0.5, 0.6) is 5.75 Å². The lowest BCUT2D eigenvalue weighted by molar-refractivity contribution is -0.142. The van der Waals surface area contributed by atoms with Gasteiger partial charge in [0.1, 0.15) is 5.75 Å². The first kappa shape index (κ1) is 20.9. The number of unbranched alkanes of at least 4 members (excludes halogenated alkanes) is 1. The summed E-state index contributed by atoms with van der Waals surface area (Å²) in [7, 11) is 0. The number of nitrogens with one attached hydrogen (secondary N) is 1. The smallest absolute Gasteiger partial charge is 0.311 e. The van der Waals surface area contributed by atoms with E-state index in [9.17, 15) is 4.79 Å². The number of carbonyl (C=O) groups excluding carboxylic acids is 1. The van der Waals surface area contributed by atoms with E-state index < -0.39 is 0 Å². The number of ether oxygens (including phenoxy) is 2. The van der Waals surface area contributed by atoms with Crippen LogP contribution in [0.4, 0.5) is 5.13 Å². The van der Waals surface area contributed by atoms with Crippen molar-refractivity contribution in [3.05, 3.63) is 39.3 Å². The van der Waals surface area contributed by atoms with Gasteiger partial charge in [-0.15, -0.1) is 11.3 Å². The molecule has 1 aromatic carbocycles. The van der Waals surface area contributed by atoms with Gasteiger partial charge in [-0.2, -0.15) is 10.4 Å². The molecule has 2 aromatic rings. The van der Waals surface area contributed by atoms with Crippen LogP contribution < -0.4 is 10.2 Å². The molecule has 0 bridgehead atoms. The molecule has 0 amide bonds. The quantitative estimate of drug-likeness (QED) is 0.253. The molecule has 0 spiro atoms. The minimum absolute atomic E-state index is 0.141. The van der Waals surface area contributed by atoms with Gasteiger partial charge in [-0.25, -0.2) is 4.98 Å². The molecule has 0 unspecified atom stereocenters. The highest BCUT2D eigenvalue weighted by Crippen LogP contribution is 2.22. The van der Waals surface area contributed by atoms with Crippen molar-refractivity contribution in [3.8, 4) is 11.8 Å². The van der Waals surface area contributed by atoms with Crippen LogP contribution in [-0.2, 0) is 16.0 Å². The lowest BCUT2D eigenvalue weighted by Crippen LogP contribution is -2.07. The van der Waals surface area contributed by atoms with Gasteiger partial charge in [0.05, 0.1) is 37.6 Å². The zero-order chi connectivity index (χ0) is 19.5. The minimum atomic E-state index is -0.301. The summed E-state index contributed by atoms with van der Waals surface area (Å²) in [6.45, 7) is 2.59. The zero-order valence-corrected chi connectivity index (χ0v) is 17.2. The van der Waals surface area contributed by atoms with Gasteiger partial charge in [0.2, 0.25) is 5.13 Å². The second-order valence-electron chi connectivity index (χ2n) is 5.29. The average molecular weight is 451 g/mol. The third-order valence-electron chi connectivity index (χ3n) is 3.21. The maximum atomic E-state index is 11.5. The Kier molecular flexibility index (Phi) is 8.74. The lowest BCUT2D eigenvalue weighted by atomic mass is 10.2. The van der Waals surface area contributed by atoms with Crippen LogP contribution in [0.1, 0.15) is 31.0 Å². The van der Waals surface area contributed by atoms with E-state index in [0.717, 1.165) is 10.0 Å². The second kappa shape index (κ2) is 11.3. The number of benzene rings is 1. The standard InChI is InChI=1S/C18H19BrN4O3S/c1-2-25-17(24)10-15-12-27-18(22-15)23-21-11-13-9-14(19)5-6-16(13)26-8-4-3-7-20/h5-6,9,11-12H,2-4,8,10H2,1H3,(H,22,23). The first-order chi connectivity index (χ1) is 13.1. The van der Waals surface area contributed by atoms with Crippen molar-refractivity contribution < 1.29 is 14.3 Å². The number of rotatable bonds is 10. The van der Waals surface area contributed by atoms with Gasteiger partial charge in [-0.3, -0.25) is 10.2 Å². The molecule has 1 N–H and O–H groups in total. The van der Waals surface area contributed by atoms with Crippen molar-refractivity contribution in [3.63, 3.8) is 0 Å². The number of anilines is 1. The van der Waals surface area contributed by atoms with Gasteiger partial charge in [0, 0.05) is 21.8 Å². The van der Waals surface area contributed by atoms with E-state index in [2.05, 4.69) is 37.5 Å². The van der Waals surface area contributed by atoms with Crippen LogP contribution in [0, 0.1) is 11.3 Å². The Morgan fingerprint density at radius 3 is 3.15 bits per heavy atom. The number of esters is 1. The fourth-order valence-electron chi connectivity index (χ4n) is 2.04. The van der Waals surface area contributed by atoms with E-state index in [1.807, 2.05) is 18.2 Å². The zero-order valence-electron chi connectivity index (χ0n) is 14.8. The second-order valence-corrected chi connectivity index (χ2v) is 7.06. The minimum Gasteiger partial charge on any atom is -0.493 e. The largest absolute Gasteiger partial charge is 0.493 e. The van der Waals surface area contributed by atoms with Crippen molar-refractivity contribution in [2.24, 2.45) is 5.10 Å². The van der Waals surface area contributed by atoms with Crippen molar-refractivity contribution in [2.45, 2.75) is 26.2 Å². The Hall–Kier alpha value is -2.44. The molecule has 0 aliphatic carbocycles. The Labute approximate surface area is 170 Å². The molecule has 0 aliphatic heterocycles. The third kappa shape index (κ3) is 7.37. The molecule has 2 rings (SSSR count). The number of nitriles is 1. The van der Waals surface area contributed by atoms with Gasteiger partial charge in [-0.1, -0.05) is 15.9 Å². The van der Waals surface area contributed by atoms with Crippen LogP contribution in [0.25, 0.3) is 0 Å². The summed E-state index contributed by atoms with van der Waals surface area (Å²) >= 11 is 4.79. The molecule has 0 saturated carbocycles. The predicted octanol–water partition coefficient (Wildman–Crippen LogP) is 4.14. The van der Waals surface area contributed by atoms with Gasteiger partial charge >= 0.3 is 5.97 Å². The summed E-state index contributed by atoms with van der Waals surface area (Å²) in [5.74, 6) is 0.383. The van der Waals surface area contributed by atoms with Gasteiger partial charge in [-0.05, 0) is 31.5 Å². The summed E-state index contributed by atoms with van der Waals surface area (Å²) in [5.41, 5.74) is 4.28. The topological polar surface area (TPSA) is 96.6 Å². The summed E-state index contributed by atoms with van der Waals surface area (Å²) in [6, 6.07) is 7.71. The Morgan fingerprint density at radius 2 is 2.37 bits per heavy atom. The molecule has 0 atom stereocenters. The third-order valence-corrected chi connectivity index (χ3v) is 4.50. The van der Waals surface area contributed by atoms with Gasteiger partial charge in [0.15, 0.2) is 0 Å². The fraction of sp³-hybridized carbons (Fsp3) is 0.333. The van der Waals surface area contributed by atoms with Crippen LogP contribution >= 0.6 is 27.3 Å². The number of hydrogen-bond donors (Lipinski definition) is 1. The summed E-state index contributed by atoms with van der Waals surface area (Å²) in [5, 5.41) is 15.1. The fourth-order valence-corrected chi connectivity index (χ4v) is 3.08. The first-order valence-electron chi connectivity index (χ1n) is 8.30. The molecule has 1 heterocycles. The molecule has 0 radical (unpaired) electrons. The maximum absolute atomic E-state index is 11.5. The number of aromatic nitrogens is 1. The van der Waals surface area contributed by atoms with E-state index in [1.165, 1.54) is 11.3 Å². The highest BCUT2D eigenvalue weighted by Gasteiger charge is 2.08. The molecule has 0 aliphatic rings. The van der Waals surface area contributed by atoms with Crippen molar-refractivity contribution in [2.75, 3.05) is 18.6 Å². The molecule has 7 nitrogen and oxygen atoms in total. The van der Waals surface area contributed by atoms with Crippen LogP contribution in [-0.4, -0.2) is 30.4 Å². The van der Waals surface area contributed by atoms with Gasteiger partial charge in [0.25, 0.3) is 0 Å². The first-order valence-corrected chi connectivity index (χ1v) is 9.98. The van der Waals surface area contributed by atoms with E-state index in [0.29, 0.717) is 42.6 Å². The predicted molar refractivity (Wildman–Crippen MR) is 108 cm³/mol. The Bertz CT molecular complexity index is 832. The van der Waals surface area contributed by atoms with E-state index >= 15 is 0 Å². The van der Waals surface area contributed by atoms with E-state index in [1.54, 1.807) is 18.5 Å². The van der Waals surface area contributed by atoms with Crippen molar-refractivity contribution >= 4 is 44.6 Å². The maximum Gasteiger partial charge on any atom is 0.311 e. The van der Waals surface area contributed by atoms with Gasteiger partial charge < -0.3 is 9.47 Å². The monoisotopic (exact) mass is 450 g/mol. The number of halogens is 1. The summed E-state index contributed by atoms with van der Waals surface area (Å²) < 4.78 is 11.5. The number of hydrazone groups is 1. The Morgan fingerprint density at radius 1 is 1.52 bits per heavy atom. The highest BCUT2D eigenvalue weighted by atomic mass is 79.9. The SMILES string of the molecule is CCOC(=O)Cc1csc(NN=Cc2cc(Br)ccc2OCCCC#N)n1.